The second-order valence-electron chi connectivity index (χ2n) is 4.19. The maximum Gasteiger partial charge on any atom is 0.188 e. The number of nitriles is 1. The average molecular weight is 287 g/mol. The summed E-state index contributed by atoms with van der Waals surface area (Å²) in [5.41, 5.74) is 5.81. The Morgan fingerprint density at radius 1 is 1.72 bits per heavy atom. The number of ether oxygens (including phenoxy) is 1. The Kier molecular flexibility index (Phi) is 4.40. The summed E-state index contributed by atoms with van der Waals surface area (Å²) in [7, 11) is 1.72. The molecule has 2 atom stereocenters. The smallest absolute Gasteiger partial charge is 0.188 e. The van der Waals surface area contributed by atoms with Crippen molar-refractivity contribution < 1.29 is 4.74 Å². The van der Waals surface area contributed by atoms with E-state index in [2.05, 4.69) is 9.88 Å². The zero-order chi connectivity index (χ0) is 13.1. The number of aromatic nitrogens is 1. The van der Waals surface area contributed by atoms with Crippen LogP contribution in [-0.4, -0.2) is 37.3 Å². The standard InChI is InChI=1S/C11H15ClN4OS/c1-17-8-2-3-16(7(4-8)5-13)11-15-10(12)9(6-14)18-11/h7-8H,2-5,13H2,1H3. The summed E-state index contributed by atoms with van der Waals surface area (Å²) in [5, 5.41) is 9.97. The molecule has 0 spiro atoms. The maximum atomic E-state index is 8.91. The summed E-state index contributed by atoms with van der Waals surface area (Å²) in [6.45, 7) is 1.37. The summed E-state index contributed by atoms with van der Waals surface area (Å²) in [6, 6.07) is 2.24. The zero-order valence-electron chi connectivity index (χ0n) is 10.1. The number of thiazole rings is 1. The van der Waals surface area contributed by atoms with Crippen molar-refractivity contribution in [3.63, 3.8) is 0 Å². The Hall–Kier alpha value is -0.870. The Morgan fingerprint density at radius 3 is 3.06 bits per heavy atom. The third-order valence-corrected chi connectivity index (χ3v) is 4.58. The maximum absolute atomic E-state index is 8.91. The molecule has 0 amide bonds. The highest BCUT2D eigenvalue weighted by molar-refractivity contribution is 7.16. The molecule has 2 N–H and O–H groups in total. The number of rotatable bonds is 3. The minimum atomic E-state index is 0.192. The van der Waals surface area contributed by atoms with E-state index >= 15 is 0 Å². The molecule has 0 bridgehead atoms. The molecule has 2 heterocycles. The Bertz CT molecular complexity index is 458. The van der Waals surface area contributed by atoms with Crippen LogP contribution in [0.5, 0.6) is 0 Å². The molecule has 0 aromatic carbocycles. The van der Waals surface area contributed by atoms with Crippen molar-refractivity contribution in [2.75, 3.05) is 25.1 Å². The van der Waals surface area contributed by atoms with Gasteiger partial charge in [0.25, 0.3) is 0 Å². The third kappa shape index (κ3) is 2.59. The van der Waals surface area contributed by atoms with Crippen LogP contribution in [0, 0.1) is 11.3 Å². The summed E-state index contributed by atoms with van der Waals surface area (Å²) in [4.78, 5) is 6.83. The fraction of sp³-hybridized carbons (Fsp3) is 0.636. The highest BCUT2D eigenvalue weighted by Crippen LogP contribution is 2.33. The van der Waals surface area contributed by atoms with Gasteiger partial charge in [-0.05, 0) is 12.8 Å². The van der Waals surface area contributed by atoms with Crippen molar-refractivity contribution in [2.45, 2.75) is 25.0 Å². The van der Waals surface area contributed by atoms with Gasteiger partial charge in [-0.25, -0.2) is 4.98 Å². The van der Waals surface area contributed by atoms with Crippen LogP contribution in [0.1, 0.15) is 17.7 Å². The van der Waals surface area contributed by atoms with Gasteiger partial charge in [0, 0.05) is 26.2 Å². The first-order valence-corrected chi connectivity index (χ1v) is 6.95. The van der Waals surface area contributed by atoms with Crippen molar-refractivity contribution in [1.82, 2.24) is 4.98 Å². The van der Waals surface area contributed by atoms with E-state index in [4.69, 9.17) is 27.3 Å². The van der Waals surface area contributed by atoms with Crippen molar-refractivity contribution in [3.05, 3.63) is 10.0 Å². The van der Waals surface area contributed by atoms with Crippen molar-refractivity contribution in [3.8, 4) is 6.07 Å². The molecule has 2 unspecified atom stereocenters. The lowest BCUT2D eigenvalue weighted by Crippen LogP contribution is -2.48. The number of hydrogen-bond acceptors (Lipinski definition) is 6. The monoisotopic (exact) mass is 286 g/mol. The van der Waals surface area contributed by atoms with Crippen LogP contribution in [0.3, 0.4) is 0 Å². The molecule has 98 valence electrons. The molecular formula is C11H15ClN4OS. The topological polar surface area (TPSA) is 75.2 Å². The van der Waals surface area contributed by atoms with Crippen LogP contribution in [0.15, 0.2) is 0 Å². The summed E-state index contributed by atoms with van der Waals surface area (Å²) >= 11 is 7.22. The molecule has 1 aromatic rings. The molecule has 0 saturated carbocycles. The molecule has 1 fully saturated rings. The van der Waals surface area contributed by atoms with Gasteiger partial charge in [-0.15, -0.1) is 0 Å². The average Bonchev–Trinajstić information content (AvgIpc) is 2.79. The first kappa shape index (κ1) is 13.6. The van der Waals surface area contributed by atoms with E-state index in [0.717, 1.165) is 24.5 Å². The molecule has 7 heteroatoms. The van der Waals surface area contributed by atoms with E-state index < -0.39 is 0 Å². The highest BCUT2D eigenvalue weighted by atomic mass is 35.5. The number of piperidine rings is 1. The van der Waals surface area contributed by atoms with E-state index in [9.17, 15) is 0 Å². The minimum absolute atomic E-state index is 0.192. The predicted molar refractivity (Wildman–Crippen MR) is 72.1 cm³/mol. The van der Waals surface area contributed by atoms with Gasteiger partial charge in [0.05, 0.1) is 6.10 Å². The molecule has 1 aromatic heterocycles. The highest BCUT2D eigenvalue weighted by Gasteiger charge is 2.30. The predicted octanol–water partition coefficient (Wildman–Crippen LogP) is 1.61. The molecule has 1 aliphatic heterocycles. The Balaban J connectivity index is 2.19. The van der Waals surface area contributed by atoms with Crippen LogP contribution >= 0.6 is 22.9 Å². The minimum Gasteiger partial charge on any atom is -0.381 e. The number of anilines is 1. The van der Waals surface area contributed by atoms with Crippen LogP contribution in [-0.2, 0) is 4.74 Å². The molecule has 0 aliphatic carbocycles. The van der Waals surface area contributed by atoms with Crippen LogP contribution < -0.4 is 10.6 Å². The SMILES string of the molecule is COC1CCN(c2nc(Cl)c(C#N)s2)C(CN)C1. The second kappa shape index (κ2) is 5.85. The van der Waals surface area contributed by atoms with Gasteiger partial charge in [0.15, 0.2) is 10.3 Å². The molecule has 0 radical (unpaired) electrons. The largest absolute Gasteiger partial charge is 0.381 e. The number of hydrogen-bond donors (Lipinski definition) is 1. The Morgan fingerprint density at radius 2 is 2.50 bits per heavy atom. The van der Waals surface area contributed by atoms with Crippen molar-refractivity contribution >= 4 is 28.1 Å². The van der Waals surface area contributed by atoms with Gasteiger partial charge in [0.1, 0.15) is 10.9 Å². The van der Waals surface area contributed by atoms with Crippen LogP contribution in [0.25, 0.3) is 0 Å². The van der Waals surface area contributed by atoms with Gasteiger partial charge in [-0.1, -0.05) is 22.9 Å². The van der Waals surface area contributed by atoms with E-state index in [1.54, 1.807) is 7.11 Å². The molecular weight excluding hydrogens is 272 g/mol. The lowest BCUT2D eigenvalue weighted by atomic mass is 10.00. The van der Waals surface area contributed by atoms with Crippen molar-refractivity contribution in [2.24, 2.45) is 5.73 Å². The lowest BCUT2D eigenvalue weighted by molar-refractivity contribution is 0.0709. The fourth-order valence-electron chi connectivity index (χ4n) is 2.19. The summed E-state index contributed by atoms with van der Waals surface area (Å²) < 4.78 is 5.38. The first-order valence-electron chi connectivity index (χ1n) is 5.75. The Labute approximate surface area is 115 Å². The molecule has 1 aliphatic rings. The van der Waals surface area contributed by atoms with E-state index in [1.165, 1.54) is 11.3 Å². The number of nitrogens with two attached hydrogens (primary N) is 1. The summed E-state index contributed by atoms with van der Waals surface area (Å²) in [5.74, 6) is 0. The van der Waals surface area contributed by atoms with Crippen LogP contribution in [0.2, 0.25) is 5.15 Å². The van der Waals surface area contributed by atoms with Crippen molar-refractivity contribution in [1.29, 1.82) is 5.26 Å². The zero-order valence-corrected chi connectivity index (χ0v) is 11.7. The molecule has 1 saturated heterocycles. The fourth-order valence-corrected chi connectivity index (χ4v) is 3.33. The first-order chi connectivity index (χ1) is 8.69. The summed E-state index contributed by atoms with van der Waals surface area (Å²) in [6.07, 6.45) is 2.07. The van der Waals surface area contributed by atoms with Gasteiger partial charge in [-0.3, -0.25) is 0 Å². The van der Waals surface area contributed by atoms with E-state index in [-0.39, 0.29) is 17.3 Å². The van der Waals surface area contributed by atoms with Crippen LogP contribution in [0.4, 0.5) is 5.13 Å². The van der Waals surface area contributed by atoms with Gasteiger partial charge >= 0.3 is 0 Å². The van der Waals surface area contributed by atoms with Gasteiger partial charge < -0.3 is 15.4 Å². The normalized spacial score (nSPS) is 24.0. The lowest BCUT2D eigenvalue weighted by Gasteiger charge is -2.38. The second-order valence-corrected chi connectivity index (χ2v) is 5.53. The van der Waals surface area contributed by atoms with E-state index in [1.807, 2.05) is 6.07 Å². The molecule has 5 nitrogen and oxygen atoms in total. The number of methoxy groups -OCH3 is 1. The van der Waals surface area contributed by atoms with Gasteiger partial charge in [-0.2, -0.15) is 5.26 Å². The molecule has 2 rings (SSSR count). The third-order valence-electron chi connectivity index (χ3n) is 3.19. The molecule has 18 heavy (non-hydrogen) atoms. The number of nitrogens with zero attached hydrogens (tertiary/aromatic N) is 3. The number of halogens is 1. The van der Waals surface area contributed by atoms with Gasteiger partial charge in [0.2, 0.25) is 0 Å². The van der Waals surface area contributed by atoms with E-state index in [0.29, 0.717) is 11.4 Å². The quantitative estimate of drug-likeness (QED) is 0.914.